The van der Waals surface area contributed by atoms with Crippen LogP contribution in [0.5, 0.6) is 0 Å². The summed E-state index contributed by atoms with van der Waals surface area (Å²) >= 11 is 0. The van der Waals surface area contributed by atoms with E-state index in [9.17, 15) is 31.2 Å². The van der Waals surface area contributed by atoms with Crippen molar-refractivity contribution in [2.45, 2.75) is 43.5 Å². The van der Waals surface area contributed by atoms with Crippen LogP contribution in [0.4, 0.5) is 13.2 Å². The largest absolute Gasteiger partial charge is 0.416 e. The van der Waals surface area contributed by atoms with Gasteiger partial charge in [-0.25, -0.2) is 8.42 Å². The van der Waals surface area contributed by atoms with E-state index in [4.69, 9.17) is 0 Å². The van der Waals surface area contributed by atoms with E-state index in [1.165, 1.54) is 21.9 Å². The number of halogens is 3. The Morgan fingerprint density at radius 3 is 2.20 bits per heavy atom. The van der Waals surface area contributed by atoms with Crippen molar-refractivity contribution in [2.24, 2.45) is 0 Å². The molecule has 2 amide bonds. The predicted octanol–water partition coefficient (Wildman–Crippen LogP) is 2.74. The van der Waals surface area contributed by atoms with Gasteiger partial charge in [-0.2, -0.15) is 13.2 Å². The Morgan fingerprint density at radius 1 is 1.00 bits per heavy atom. The number of hydrogen-bond acceptors (Lipinski definition) is 4. The molecule has 1 aromatic carbocycles. The molecule has 1 aliphatic heterocycles. The Kier molecular flexibility index (Phi) is 6.74. The minimum atomic E-state index is -4.53. The zero-order chi connectivity index (χ0) is 21.9. The van der Waals surface area contributed by atoms with Crippen molar-refractivity contribution in [3.05, 3.63) is 35.4 Å². The van der Waals surface area contributed by atoms with Gasteiger partial charge in [-0.1, -0.05) is 18.9 Å². The molecule has 0 aromatic heterocycles. The summed E-state index contributed by atoms with van der Waals surface area (Å²) in [5.74, 6) is -0.959. The van der Waals surface area contributed by atoms with Crippen molar-refractivity contribution in [1.29, 1.82) is 0 Å². The number of benzene rings is 1. The van der Waals surface area contributed by atoms with E-state index in [1.54, 1.807) is 0 Å². The highest BCUT2D eigenvalue weighted by Gasteiger charge is 2.33. The number of piperazine rings is 1. The van der Waals surface area contributed by atoms with Gasteiger partial charge in [-0.15, -0.1) is 0 Å². The van der Waals surface area contributed by atoms with Gasteiger partial charge in [-0.05, 0) is 31.0 Å². The first-order valence-electron chi connectivity index (χ1n) is 10.0. The number of rotatable bonds is 5. The maximum absolute atomic E-state index is 12.9. The van der Waals surface area contributed by atoms with Gasteiger partial charge in [-0.3, -0.25) is 9.59 Å². The van der Waals surface area contributed by atoms with Crippen molar-refractivity contribution >= 4 is 21.7 Å². The lowest BCUT2D eigenvalue weighted by atomic mass is 10.1. The normalized spacial score (nSPS) is 18.6. The molecule has 2 aliphatic rings. The molecule has 10 heteroatoms. The van der Waals surface area contributed by atoms with Crippen LogP contribution in [-0.2, 0) is 20.8 Å². The van der Waals surface area contributed by atoms with E-state index in [0.717, 1.165) is 25.0 Å². The van der Waals surface area contributed by atoms with Crippen molar-refractivity contribution in [3.8, 4) is 0 Å². The van der Waals surface area contributed by atoms with Crippen molar-refractivity contribution in [2.75, 3.05) is 31.9 Å². The lowest BCUT2D eigenvalue weighted by Crippen LogP contribution is -2.50. The minimum absolute atomic E-state index is 0.0488. The summed E-state index contributed by atoms with van der Waals surface area (Å²) in [7, 11) is -3.27. The highest BCUT2D eigenvalue weighted by Crippen LogP contribution is 2.30. The third-order valence-corrected chi connectivity index (χ3v) is 8.03. The van der Waals surface area contributed by atoms with Gasteiger partial charge in [0.25, 0.3) is 5.91 Å². The summed E-state index contributed by atoms with van der Waals surface area (Å²) in [5.41, 5.74) is -0.933. The number of nitrogens with zero attached hydrogens (tertiary/aromatic N) is 2. The minimum Gasteiger partial charge on any atom is -0.339 e. The van der Waals surface area contributed by atoms with Crippen LogP contribution in [0.15, 0.2) is 24.3 Å². The summed E-state index contributed by atoms with van der Waals surface area (Å²) in [6, 6.07) is 4.27. The van der Waals surface area contributed by atoms with Crippen molar-refractivity contribution < 1.29 is 31.2 Å². The number of hydrogen-bond donors (Lipinski definition) is 0. The number of amides is 2. The summed E-state index contributed by atoms with van der Waals surface area (Å²) in [6.45, 7) is 0.840. The smallest absolute Gasteiger partial charge is 0.339 e. The number of sulfone groups is 1. The second-order valence-corrected chi connectivity index (χ2v) is 10.2. The molecule has 0 unspecified atom stereocenters. The molecule has 0 atom stereocenters. The van der Waals surface area contributed by atoms with Gasteiger partial charge in [0.15, 0.2) is 9.84 Å². The van der Waals surface area contributed by atoms with E-state index in [0.29, 0.717) is 12.8 Å². The first-order valence-corrected chi connectivity index (χ1v) is 11.8. The molecule has 0 bridgehead atoms. The average molecular weight is 446 g/mol. The number of alkyl halides is 3. The SMILES string of the molecule is O=C(CCS(=O)(=O)C1CCCC1)N1CCN(C(=O)c2cccc(C(F)(F)F)c2)CC1. The van der Waals surface area contributed by atoms with Crippen LogP contribution in [0.3, 0.4) is 0 Å². The Labute approximate surface area is 173 Å². The zero-order valence-electron chi connectivity index (χ0n) is 16.5. The highest BCUT2D eigenvalue weighted by molar-refractivity contribution is 7.92. The summed E-state index contributed by atoms with van der Waals surface area (Å²) in [5, 5.41) is -0.341. The molecular formula is C20H25F3N2O4S. The monoisotopic (exact) mass is 446 g/mol. The van der Waals surface area contributed by atoms with Crippen molar-refractivity contribution in [1.82, 2.24) is 9.80 Å². The quantitative estimate of drug-likeness (QED) is 0.697. The lowest BCUT2D eigenvalue weighted by Gasteiger charge is -2.35. The second kappa shape index (κ2) is 8.95. The molecule has 3 rings (SSSR count). The maximum atomic E-state index is 12.9. The Balaban J connectivity index is 1.52. The van der Waals surface area contributed by atoms with Crippen LogP contribution in [0, 0.1) is 0 Å². The molecule has 0 spiro atoms. The fraction of sp³-hybridized carbons (Fsp3) is 0.600. The zero-order valence-corrected chi connectivity index (χ0v) is 17.3. The third kappa shape index (κ3) is 5.33. The fourth-order valence-electron chi connectivity index (χ4n) is 3.97. The standard InChI is InChI=1S/C20H25F3N2O4S/c21-20(22,23)16-5-3-4-15(14-16)19(27)25-11-9-24(10-12-25)18(26)8-13-30(28,29)17-6-1-2-7-17/h3-5,14,17H,1-2,6-13H2. The van der Waals surface area contributed by atoms with Crippen LogP contribution in [0.25, 0.3) is 0 Å². The van der Waals surface area contributed by atoms with E-state index in [1.807, 2.05) is 0 Å². The van der Waals surface area contributed by atoms with Gasteiger partial charge >= 0.3 is 6.18 Å². The van der Waals surface area contributed by atoms with Gasteiger partial charge < -0.3 is 9.80 Å². The van der Waals surface area contributed by atoms with Gasteiger partial charge in [0.1, 0.15) is 0 Å². The average Bonchev–Trinajstić information content (AvgIpc) is 3.27. The van der Waals surface area contributed by atoms with Gasteiger partial charge in [0, 0.05) is 38.2 Å². The molecule has 1 aromatic rings. The lowest BCUT2D eigenvalue weighted by molar-refractivity contribution is -0.137. The molecule has 1 aliphatic carbocycles. The molecular weight excluding hydrogens is 421 g/mol. The molecule has 1 saturated carbocycles. The van der Waals surface area contributed by atoms with Crippen LogP contribution >= 0.6 is 0 Å². The molecule has 6 nitrogen and oxygen atoms in total. The van der Waals surface area contributed by atoms with Crippen LogP contribution in [-0.4, -0.2) is 67.2 Å². The molecule has 30 heavy (non-hydrogen) atoms. The van der Waals surface area contributed by atoms with E-state index in [2.05, 4.69) is 0 Å². The van der Waals surface area contributed by atoms with Gasteiger partial charge in [0.05, 0.1) is 16.6 Å². The fourth-order valence-corrected chi connectivity index (χ4v) is 5.82. The Bertz CT molecular complexity index is 888. The Hall–Kier alpha value is -2.10. The second-order valence-electron chi connectivity index (χ2n) is 7.78. The molecule has 2 fully saturated rings. The highest BCUT2D eigenvalue weighted by atomic mass is 32.2. The van der Waals surface area contributed by atoms with Crippen LogP contribution in [0.2, 0.25) is 0 Å². The van der Waals surface area contributed by atoms with E-state index < -0.39 is 27.5 Å². The molecule has 1 heterocycles. The molecule has 0 N–H and O–H groups in total. The van der Waals surface area contributed by atoms with E-state index >= 15 is 0 Å². The first-order chi connectivity index (χ1) is 14.1. The number of carbonyl (C=O) groups excluding carboxylic acids is 2. The van der Waals surface area contributed by atoms with Gasteiger partial charge in [0.2, 0.25) is 5.91 Å². The molecule has 1 saturated heterocycles. The Morgan fingerprint density at radius 2 is 1.60 bits per heavy atom. The predicted molar refractivity (Wildman–Crippen MR) is 105 cm³/mol. The topological polar surface area (TPSA) is 74.8 Å². The third-order valence-electron chi connectivity index (χ3n) is 5.77. The maximum Gasteiger partial charge on any atom is 0.416 e. The summed E-state index contributed by atoms with van der Waals surface area (Å²) in [6.07, 6.45) is -1.49. The van der Waals surface area contributed by atoms with E-state index in [-0.39, 0.29) is 55.1 Å². The summed E-state index contributed by atoms with van der Waals surface area (Å²) in [4.78, 5) is 27.9. The molecule has 166 valence electrons. The van der Waals surface area contributed by atoms with Crippen LogP contribution in [0.1, 0.15) is 48.0 Å². The van der Waals surface area contributed by atoms with Crippen LogP contribution < -0.4 is 0 Å². The van der Waals surface area contributed by atoms with Crippen molar-refractivity contribution in [3.63, 3.8) is 0 Å². The first kappa shape index (κ1) is 22.6. The molecule has 0 radical (unpaired) electrons. The number of carbonyl (C=O) groups is 2. The summed E-state index contributed by atoms with van der Waals surface area (Å²) < 4.78 is 63.2.